The predicted molar refractivity (Wildman–Crippen MR) is 107 cm³/mol. The lowest BCUT2D eigenvalue weighted by Gasteiger charge is -2.40. The van der Waals surface area contributed by atoms with Crippen molar-refractivity contribution < 1.29 is 23.4 Å². The number of ether oxygens (including phenoxy) is 3. The average molecular weight is 399 g/mol. The van der Waals surface area contributed by atoms with Crippen molar-refractivity contribution in [2.45, 2.75) is 96.4 Å². The van der Waals surface area contributed by atoms with Gasteiger partial charge in [0.15, 0.2) is 6.29 Å². The van der Waals surface area contributed by atoms with E-state index < -0.39 is 0 Å². The molecule has 2 aliphatic heterocycles. The van der Waals surface area contributed by atoms with E-state index in [4.69, 9.17) is 14.2 Å². The lowest BCUT2D eigenvalue weighted by molar-refractivity contribution is -0.231. The second kappa shape index (κ2) is 11.5. The SMILES string of the molecule is CCCCCC1CCC(C2CCC(C3OCC(CCCF)CO3)CC2)OC1=O. The van der Waals surface area contributed by atoms with Gasteiger partial charge in [-0.3, -0.25) is 9.18 Å². The molecule has 2 atom stereocenters. The molecule has 5 heteroatoms. The van der Waals surface area contributed by atoms with Crippen LogP contribution in [0, 0.1) is 23.7 Å². The molecule has 3 aliphatic rings. The molecule has 2 unspecified atom stereocenters. The molecular weight excluding hydrogens is 359 g/mol. The van der Waals surface area contributed by atoms with Crippen LogP contribution in [0.4, 0.5) is 4.39 Å². The first-order valence-corrected chi connectivity index (χ1v) is 11.7. The Kier molecular flexibility index (Phi) is 9.04. The molecule has 0 aromatic heterocycles. The van der Waals surface area contributed by atoms with E-state index in [1.54, 1.807) is 0 Å². The molecule has 0 aromatic carbocycles. The van der Waals surface area contributed by atoms with E-state index in [1.165, 1.54) is 12.8 Å². The summed E-state index contributed by atoms with van der Waals surface area (Å²) in [6.45, 7) is 3.34. The maximum absolute atomic E-state index is 12.4. The van der Waals surface area contributed by atoms with Crippen LogP contribution in [0.1, 0.15) is 84.0 Å². The molecule has 0 bridgehead atoms. The number of halogens is 1. The first kappa shape index (κ1) is 22.0. The van der Waals surface area contributed by atoms with E-state index in [0.29, 0.717) is 37.4 Å². The Morgan fingerprint density at radius 2 is 1.61 bits per heavy atom. The first-order valence-electron chi connectivity index (χ1n) is 11.7. The molecule has 2 saturated heterocycles. The lowest BCUT2D eigenvalue weighted by atomic mass is 9.76. The topological polar surface area (TPSA) is 44.8 Å². The fourth-order valence-corrected chi connectivity index (χ4v) is 5.17. The Balaban J connectivity index is 1.35. The van der Waals surface area contributed by atoms with Crippen LogP contribution in [-0.2, 0) is 19.0 Å². The molecule has 0 aromatic rings. The third-order valence-electron chi connectivity index (χ3n) is 7.02. The molecule has 1 saturated carbocycles. The number of cyclic esters (lactones) is 1. The standard InChI is InChI=1S/C23H39FO4/c1-2-3-4-7-19-12-13-21(28-22(19)25)18-8-10-20(11-9-18)23-26-15-17(16-27-23)6-5-14-24/h17-21,23H,2-16H2,1H3. The van der Waals surface area contributed by atoms with Crippen LogP contribution in [0.25, 0.3) is 0 Å². The van der Waals surface area contributed by atoms with Crippen molar-refractivity contribution >= 4 is 5.97 Å². The minimum atomic E-state index is -0.255. The fourth-order valence-electron chi connectivity index (χ4n) is 5.17. The molecule has 4 nitrogen and oxygen atoms in total. The van der Waals surface area contributed by atoms with Gasteiger partial charge in [0.05, 0.1) is 25.8 Å². The van der Waals surface area contributed by atoms with Crippen LogP contribution in [0.3, 0.4) is 0 Å². The van der Waals surface area contributed by atoms with Crippen molar-refractivity contribution in [2.24, 2.45) is 23.7 Å². The van der Waals surface area contributed by atoms with E-state index in [2.05, 4.69) is 6.92 Å². The highest BCUT2D eigenvalue weighted by Gasteiger charge is 2.38. The first-order chi connectivity index (χ1) is 13.7. The van der Waals surface area contributed by atoms with E-state index in [9.17, 15) is 9.18 Å². The zero-order valence-corrected chi connectivity index (χ0v) is 17.6. The van der Waals surface area contributed by atoms with Crippen LogP contribution in [0.5, 0.6) is 0 Å². The molecular formula is C23H39FO4. The van der Waals surface area contributed by atoms with Crippen molar-refractivity contribution in [3.63, 3.8) is 0 Å². The normalized spacial score (nSPS) is 36.9. The summed E-state index contributed by atoms with van der Waals surface area (Å²) >= 11 is 0. The Morgan fingerprint density at radius 1 is 0.893 bits per heavy atom. The second-order valence-electron chi connectivity index (χ2n) is 9.15. The van der Waals surface area contributed by atoms with Gasteiger partial charge in [0.25, 0.3) is 0 Å². The van der Waals surface area contributed by atoms with Gasteiger partial charge in [-0.05, 0) is 63.7 Å². The molecule has 1 aliphatic carbocycles. The van der Waals surface area contributed by atoms with Crippen molar-refractivity contribution in [2.75, 3.05) is 19.9 Å². The summed E-state index contributed by atoms with van der Waals surface area (Å²) in [5.74, 6) is 1.47. The molecule has 3 rings (SSSR count). The number of alkyl halides is 1. The largest absolute Gasteiger partial charge is 0.462 e. The monoisotopic (exact) mass is 398 g/mol. The highest BCUT2D eigenvalue weighted by atomic mass is 19.1. The summed E-state index contributed by atoms with van der Waals surface area (Å²) in [6.07, 6.45) is 12.4. The van der Waals surface area contributed by atoms with Gasteiger partial charge in [0.2, 0.25) is 0 Å². The third kappa shape index (κ3) is 6.16. The fraction of sp³-hybridized carbons (Fsp3) is 0.957. The third-order valence-corrected chi connectivity index (χ3v) is 7.02. The minimum Gasteiger partial charge on any atom is -0.462 e. The van der Waals surface area contributed by atoms with E-state index in [1.807, 2.05) is 0 Å². The number of hydrogen-bond donors (Lipinski definition) is 0. The van der Waals surface area contributed by atoms with Gasteiger partial charge in [-0.1, -0.05) is 26.2 Å². The van der Waals surface area contributed by atoms with Crippen LogP contribution < -0.4 is 0 Å². The van der Waals surface area contributed by atoms with Crippen LogP contribution in [0.15, 0.2) is 0 Å². The van der Waals surface area contributed by atoms with Gasteiger partial charge >= 0.3 is 5.97 Å². The predicted octanol–water partition coefficient (Wildman–Crippen LogP) is 5.43. The van der Waals surface area contributed by atoms with Crippen molar-refractivity contribution in [1.82, 2.24) is 0 Å². The van der Waals surface area contributed by atoms with Crippen LogP contribution in [0.2, 0.25) is 0 Å². The molecule has 2 heterocycles. The van der Waals surface area contributed by atoms with Crippen LogP contribution in [-0.4, -0.2) is 38.3 Å². The number of unbranched alkanes of at least 4 members (excludes halogenated alkanes) is 2. The number of esters is 1. The highest BCUT2D eigenvalue weighted by molar-refractivity contribution is 5.73. The summed E-state index contributed by atoms with van der Waals surface area (Å²) in [7, 11) is 0. The molecule has 0 N–H and O–H groups in total. The van der Waals surface area contributed by atoms with Crippen molar-refractivity contribution in [3.8, 4) is 0 Å². The van der Waals surface area contributed by atoms with E-state index in [0.717, 1.165) is 57.8 Å². The summed E-state index contributed by atoms with van der Waals surface area (Å²) < 4.78 is 30.1. The molecule has 162 valence electrons. The number of carbonyl (C=O) groups excluding carboxylic acids is 1. The smallest absolute Gasteiger partial charge is 0.309 e. The summed E-state index contributed by atoms with van der Waals surface area (Å²) in [5.41, 5.74) is 0. The number of hydrogen-bond acceptors (Lipinski definition) is 4. The van der Waals surface area contributed by atoms with Gasteiger partial charge in [-0.2, -0.15) is 0 Å². The van der Waals surface area contributed by atoms with Gasteiger partial charge in [-0.15, -0.1) is 0 Å². The number of rotatable bonds is 9. The summed E-state index contributed by atoms with van der Waals surface area (Å²) in [4.78, 5) is 12.4. The van der Waals surface area contributed by atoms with Gasteiger partial charge < -0.3 is 14.2 Å². The Bertz CT molecular complexity index is 456. The maximum atomic E-state index is 12.4. The zero-order chi connectivity index (χ0) is 19.8. The average Bonchev–Trinajstić information content (AvgIpc) is 2.74. The second-order valence-corrected chi connectivity index (χ2v) is 9.15. The van der Waals surface area contributed by atoms with Gasteiger partial charge in [0, 0.05) is 11.8 Å². The molecule has 28 heavy (non-hydrogen) atoms. The zero-order valence-electron chi connectivity index (χ0n) is 17.6. The lowest BCUT2D eigenvalue weighted by Crippen LogP contribution is -2.41. The Morgan fingerprint density at radius 3 is 2.25 bits per heavy atom. The molecule has 3 fully saturated rings. The summed E-state index contributed by atoms with van der Waals surface area (Å²) in [5, 5.41) is 0. The Hall–Kier alpha value is -0.680. The maximum Gasteiger partial charge on any atom is 0.309 e. The molecule has 0 amide bonds. The van der Waals surface area contributed by atoms with Crippen molar-refractivity contribution in [1.29, 1.82) is 0 Å². The highest BCUT2D eigenvalue weighted by Crippen LogP contribution is 2.39. The van der Waals surface area contributed by atoms with E-state index >= 15 is 0 Å². The molecule has 0 radical (unpaired) electrons. The van der Waals surface area contributed by atoms with E-state index in [-0.39, 0.29) is 31.0 Å². The van der Waals surface area contributed by atoms with Crippen LogP contribution >= 0.6 is 0 Å². The minimum absolute atomic E-state index is 0.0488. The quantitative estimate of drug-likeness (QED) is 0.383. The molecule has 0 spiro atoms. The Labute approximate surface area is 169 Å². The van der Waals surface area contributed by atoms with Gasteiger partial charge in [0.1, 0.15) is 6.10 Å². The number of carbonyl (C=O) groups is 1. The van der Waals surface area contributed by atoms with Crippen molar-refractivity contribution in [3.05, 3.63) is 0 Å². The summed E-state index contributed by atoms with van der Waals surface area (Å²) in [6, 6.07) is 0. The van der Waals surface area contributed by atoms with Gasteiger partial charge in [-0.25, -0.2) is 0 Å².